The number of thioether (sulfide) groups is 1. The Morgan fingerprint density at radius 2 is 1.92 bits per heavy atom. The van der Waals surface area contributed by atoms with Gasteiger partial charge in [0.1, 0.15) is 5.57 Å². The van der Waals surface area contributed by atoms with Crippen LogP contribution in [-0.2, 0) is 4.79 Å². The zero-order chi connectivity index (χ0) is 29.4. The maximum atomic E-state index is 16.0. The van der Waals surface area contributed by atoms with E-state index < -0.39 is 17.6 Å². The molecule has 1 fully saturated rings. The number of anilines is 2. The Kier molecular flexibility index (Phi) is 12.5. The maximum absolute atomic E-state index is 16.0. The Labute approximate surface area is 237 Å². The van der Waals surface area contributed by atoms with Gasteiger partial charge in [-0.15, -0.1) is 11.8 Å². The van der Waals surface area contributed by atoms with Gasteiger partial charge in [0.25, 0.3) is 0 Å². The summed E-state index contributed by atoms with van der Waals surface area (Å²) in [7, 11) is 0. The van der Waals surface area contributed by atoms with Crippen molar-refractivity contribution in [3.05, 3.63) is 44.0 Å². The van der Waals surface area contributed by atoms with Gasteiger partial charge >= 0.3 is 5.97 Å². The highest BCUT2D eigenvalue weighted by molar-refractivity contribution is 8.05. The van der Waals surface area contributed by atoms with E-state index in [0.29, 0.717) is 47.1 Å². The lowest BCUT2D eigenvalue weighted by molar-refractivity contribution is -0.132. The first kappa shape index (κ1) is 32.8. The minimum absolute atomic E-state index is 0.0161. The van der Waals surface area contributed by atoms with Crippen molar-refractivity contribution < 1.29 is 19.1 Å². The minimum Gasteiger partial charge on any atom is -0.478 e. The van der Waals surface area contributed by atoms with Crippen molar-refractivity contribution in [3.63, 3.8) is 0 Å². The molecule has 2 rings (SSSR count). The molecular weight excluding hydrogens is 515 g/mol. The van der Waals surface area contributed by atoms with Gasteiger partial charge in [-0.25, -0.2) is 9.18 Å². The number of unbranched alkanes of at least 4 members (excludes halogenated alkanes) is 1. The number of hydrogen-bond acceptors (Lipinski definition) is 7. The summed E-state index contributed by atoms with van der Waals surface area (Å²) in [6.45, 7) is 15.0. The van der Waals surface area contributed by atoms with Gasteiger partial charge in [0, 0.05) is 24.0 Å². The highest BCUT2D eigenvalue weighted by Crippen LogP contribution is 2.40. The van der Waals surface area contributed by atoms with Gasteiger partial charge in [-0.1, -0.05) is 39.2 Å². The summed E-state index contributed by atoms with van der Waals surface area (Å²) in [4.78, 5) is 29.0. The average Bonchev–Trinajstić information content (AvgIpc) is 3.37. The van der Waals surface area contributed by atoms with Crippen LogP contribution < -0.4 is 21.9 Å². The first-order valence-electron chi connectivity index (χ1n) is 14.0. The lowest BCUT2D eigenvalue weighted by atomic mass is 9.91. The Morgan fingerprint density at radius 3 is 2.44 bits per heavy atom. The summed E-state index contributed by atoms with van der Waals surface area (Å²) in [6.07, 6.45) is 4.80. The van der Waals surface area contributed by atoms with Crippen LogP contribution in [0.3, 0.4) is 0 Å². The molecule has 0 aliphatic carbocycles. The number of carbonyl (C=O) groups excluding carboxylic acids is 1. The molecule has 0 saturated carbocycles. The number of halogens is 1. The van der Waals surface area contributed by atoms with Crippen molar-refractivity contribution in [1.82, 2.24) is 0 Å². The van der Waals surface area contributed by atoms with Gasteiger partial charge in [0.05, 0.1) is 16.9 Å². The number of carboxylic acids is 1. The molecule has 3 atom stereocenters. The number of ketones is 1. The number of carboxylic acid groups (broad SMARTS) is 1. The summed E-state index contributed by atoms with van der Waals surface area (Å²) in [6, 6.07) is -0.0161. The van der Waals surface area contributed by atoms with Gasteiger partial charge < -0.3 is 21.2 Å². The summed E-state index contributed by atoms with van der Waals surface area (Å²) in [5.74, 6) is 3.82. The van der Waals surface area contributed by atoms with E-state index in [1.165, 1.54) is 11.8 Å². The van der Waals surface area contributed by atoms with Crippen molar-refractivity contribution in [3.8, 4) is 0 Å². The second-order valence-electron chi connectivity index (χ2n) is 11.0. The van der Waals surface area contributed by atoms with Gasteiger partial charge in [-0.2, -0.15) is 0 Å². The molecule has 1 aliphatic heterocycles. The van der Waals surface area contributed by atoms with Crippen molar-refractivity contribution in [1.29, 1.82) is 0 Å². The molecule has 1 aromatic carbocycles. The number of rotatable bonds is 14. The molecule has 0 bridgehead atoms. The van der Waals surface area contributed by atoms with Crippen LogP contribution in [0.4, 0.5) is 15.8 Å². The highest BCUT2D eigenvalue weighted by Gasteiger charge is 2.34. The van der Waals surface area contributed by atoms with E-state index in [0.717, 1.165) is 37.7 Å². The molecule has 1 aromatic rings. The van der Waals surface area contributed by atoms with E-state index in [-0.39, 0.29) is 28.8 Å². The number of nitrogens with two attached hydrogens (primary N) is 2. The van der Waals surface area contributed by atoms with Crippen LogP contribution in [-0.4, -0.2) is 36.0 Å². The van der Waals surface area contributed by atoms with Crippen molar-refractivity contribution >= 4 is 34.9 Å². The second kappa shape index (κ2) is 14.9. The number of hydrazine groups is 1. The van der Waals surface area contributed by atoms with Crippen molar-refractivity contribution in [2.75, 3.05) is 23.4 Å². The molecule has 218 valence electrons. The van der Waals surface area contributed by atoms with Crippen LogP contribution in [0.5, 0.6) is 0 Å². The molecule has 0 aromatic heterocycles. The number of carbonyl (C=O) groups is 2. The molecule has 7 nitrogen and oxygen atoms in total. The second-order valence-corrected chi connectivity index (χ2v) is 12.0. The monoisotopic (exact) mass is 562 g/mol. The third kappa shape index (κ3) is 7.86. The molecule has 0 amide bonds. The molecule has 1 aliphatic rings. The summed E-state index contributed by atoms with van der Waals surface area (Å²) in [5.41, 5.74) is 10.6. The molecule has 3 unspecified atom stereocenters. The van der Waals surface area contributed by atoms with Crippen LogP contribution in [0.1, 0.15) is 94.6 Å². The van der Waals surface area contributed by atoms with Gasteiger partial charge in [0.2, 0.25) is 5.78 Å². The maximum Gasteiger partial charge on any atom is 0.340 e. The number of nitrogens with one attached hydrogen (secondary N) is 1. The van der Waals surface area contributed by atoms with E-state index in [1.54, 1.807) is 13.8 Å². The van der Waals surface area contributed by atoms with E-state index in [2.05, 4.69) is 19.3 Å². The molecule has 9 heteroatoms. The highest BCUT2D eigenvalue weighted by atomic mass is 32.2. The SMILES string of the molecule is CCCC/C(S/C=C(\C)CC(C)CC)=C(/C(=O)O)C(=O)c1c(C)c(C)c(N2CCC(C(C)N)C2)c(F)c1NN. The van der Waals surface area contributed by atoms with Crippen molar-refractivity contribution in [2.24, 2.45) is 23.4 Å². The summed E-state index contributed by atoms with van der Waals surface area (Å²) >= 11 is 1.29. The molecular formula is C30H47FN4O3S. The third-order valence-corrected chi connectivity index (χ3v) is 9.09. The number of aliphatic carboxylic acids is 1. The number of benzene rings is 1. The minimum atomic E-state index is -1.32. The fourth-order valence-electron chi connectivity index (χ4n) is 5.12. The summed E-state index contributed by atoms with van der Waals surface area (Å²) in [5, 5.41) is 12.2. The zero-order valence-electron chi connectivity index (χ0n) is 24.6. The molecule has 1 heterocycles. The van der Waals surface area contributed by atoms with Crippen LogP contribution in [0.2, 0.25) is 0 Å². The summed E-state index contributed by atoms with van der Waals surface area (Å²) < 4.78 is 16.0. The molecule has 6 N–H and O–H groups in total. The number of nitrogen functional groups attached to an aromatic ring is 1. The first-order chi connectivity index (χ1) is 18.4. The lowest BCUT2D eigenvalue weighted by Crippen LogP contribution is -2.31. The third-order valence-electron chi connectivity index (χ3n) is 7.87. The number of allylic oxidation sites excluding steroid dienone is 2. The predicted molar refractivity (Wildman–Crippen MR) is 162 cm³/mol. The Hall–Kier alpha value is -2.36. The molecule has 1 saturated heterocycles. The topological polar surface area (TPSA) is 122 Å². The first-order valence-corrected chi connectivity index (χ1v) is 14.9. The molecule has 39 heavy (non-hydrogen) atoms. The molecule has 0 radical (unpaired) electrons. The van der Waals surface area contributed by atoms with E-state index in [4.69, 9.17) is 11.6 Å². The Balaban J connectivity index is 2.65. The fraction of sp³-hybridized carbons (Fsp3) is 0.600. The van der Waals surface area contributed by atoms with E-state index >= 15 is 4.39 Å². The van der Waals surface area contributed by atoms with Crippen LogP contribution >= 0.6 is 11.8 Å². The smallest absolute Gasteiger partial charge is 0.340 e. The fourth-order valence-corrected chi connectivity index (χ4v) is 6.12. The quantitative estimate of drug-likeness (QED) is 0.0494. The average molecular weight is 563 g/mol. The number of Topliss-reactive ketones (excluding diaryl/α,β-unsaturated/α-hetero) is 1. The number of nitrogens with zero attached hydrogens (tertiary/aromatic N) is 1. The Bertz CT molecular complexity index is 1120. The number of hydrogen-bond donors (Lipinski definition) is 4. The van der Waals surface area contributed by atoms with E-state index in [1.807, 2.05) is 31.1 Å². The largest absolute Gasteiger partial charge is 0.478 e. The van der Waals surface area contributed by atoms with Crippen LogP contribution in [0, 0.1) is 31.5 Å². The molecule has 0 spiro atoms. The van der Waals surface area contributed by atoms with Crippen LogP contribution in [0.15, 0.2) is 21.5 Å². The zero-order valence-corrected chi connectivity index (χ0v) is 25.4. The van der Waals surface area contributed by atoms with Gasteiger partial charge in [0.15, 0.2) is 5.82 Å². The van der Waals surface area contributed by atoms with E-state index in [9.17, 15) is 14.7 Å². The lowest BCUT2D eigenvalue weighted by Gasteiger charge is -2.27. The van der Waals surface area contributed by atoms with Crippen LogP contribution in [0.25, 0.3) is 0 Å². The predicted octanol–water partition coefficient (Wildman–Crippen LogP) is 6.69. The van der Waals surface area contributed by atoms with Crippen molar-refractivity contribution in [2.45, 2.75) is 93.0 Å². The van der Waals surface area contributed by atoms with Gasteiger partial charge in [-0.05, 0) is 81.7 Å². The standard InChI is InChI=1S/C30H47FN4O3S/c1-8-10-11-23(39-16-18(4)14-17(3)9-2)25(30(37)38)29(36)24-19(5)20(6)28(26(31)27(24)34-33)35-13-12-22(15-35)21(7)32/h16-17,21-22,34H,8-15,32-33H2,1-7H3,(H,37,38)/b18-16+,25-23-. The van der Waals surface area contributed by atoms with Gasteiger partial charge in [-0.3, -0.25) is 10.6 Å². The Morgan fingerprint density at radius 1 is 1.26 bits per heavy atom. The normalized spacial score (nSPS) is 18.2.